The molecule has 0 aliphatic carbocycles. The number of benzene rings is 2. The molecule has 0 radical (unpaired) electrons. The summed E-state index contributed by atoms with van der Waals surface area (Å²) in [7, 11) is 5.01. The average molecular weight is 393 g/mol. The normalized spacial score (nSPS) is 11.2. The van der Waals surface area contributed by atoms with Gasteiger partial charge in [0.15, 0.2) is 17.5 Å². The highest BCUT2D eigenvalue weighted by Gasteiger charge is 2.07. The van der Waals surface area contributed by atoms with E-state index in [0.29, 0.717) is 30.5 Å². The Morgan fingerprint density at radius 2 is 1.72 bits per heavy atom. The second-order valence-electron chi connectivity index (χ2n) is 6.43. The summed E-state index contributed by atoms with van der Waals surface area (Å²) < 4.78 is 12.8. The standard InChI is InChI=1S/C22H27N5O2/c1-23-22(25-14-18-9-10-19(28-2)20(13-18)29-3)26-15-21-24-11-12-27(21)16-17-7-5-4-6-8-17/h4-13H,14-16H2,1-3H3,(H2,23,25,26). The molecule has 0 spiro atoms. The van der Waals surface area contributed by atoms with E-state index in [1.165, 1.54) is 5.56 Å². The van der Waals surface area contributed by atoms with Gasteiger partial charge in [0.2, 0.25) is 0 Å². The molecule has 7 nitrogen and oxygen atoms in total. The molecule has 29 heavy (non-hydrogen) atoms. The minimum absolute atomic E-state index is 0.575. The molecule has 3 rings (SSSR count). The van der Waals surface area contributed by atoms with Crippen LogP contribution in [0.3, 0.4) is 0 Å². The largest absolute Gasteiger partial charge is 0.493 e. The lowest BCUT2D eigenvalue weighted by Gasteiger charge is -2.14. The van der Waals surface area contributed by atoms with Gasteiger partial charge in [-0.1, -0.05) is 36.4 Å². The van der Waals surface area contributed by atoms with E-state index in [-0.39, 0.29) is 0 Å². The molecule has 0 aliphatic heterocycles. The molecule has 1 heterocycles. The topological polar surface area (TPSA) is 72.7 Å². The number of guanidine groups is 1. The first kappa shape index (κ1) is 20.3. The van der Waals surface area contributed by atoms with Crippen molar-refractivity contribution >= 4 is 5.96 Å². The third kappa shape index (κ3) is 5.51. The lowest BCUT2D eigenvalue weighted by atomic mass is 10.2. The first-order chi connectivity index (χ1) is 14.2. The highest BCUT2D eigenvalue weighted by atomic mass is 16.5. The van der Waals surface area contributed by atoms with Crippen molar-refractivity contribution in [1.82, 2.24) is 20.2 Å². The second kappa shape index (κ2) is 10.2. The SMILES string of the molecule is CN=C(NCc1ccc(OC)c(OC)c1)NCc1nccn1Cc1ccccc1. The number of ether oxygens (including phenoxy) is 2. The number of hydrogen-bond acceptors (Lipinski definition) is 4. The van der Waals surface area contributed by atoms with Crippen LogP contribution in [0, 0.1) is 0 Å². The number of nitrogens with zero attached hydrogens (tertiary/aromatic N) is 3. The molecule has 0 bridgehead atoms. The Balaban J connectivity index is 1.56. The van der Waals surface area contributed by atoms with Crippen LogP contribution in [0.15, 0.2) is 65.9 Å². The monoisotopic (exact) mass is 393 g/mol. The zero-order chi connectivity index (χ0) is 20.5. The molecule has 3 aromatic rings. The summed E-state index contributed by atoms with van der Waals surface area (Å²) in [6.07, 6.45) is 3.81. The van der Waals surface area contributed by atoms with Crippen LogP contribution in [0.4, 0.5) is 0 Å². The van der Waals surface area contributed by atoms with E-state index in [4.69, 9.17) is 9.47 Å². The van der Waals surface area contributed by atoms with E-state index in [9.17, 15) is 0 Å². The van der Waals surface area contributed by atoms with Crippen LogP contribution in [-0.2, 0) is 19.6 Å². The summed E-state index contributed by atoms with van der Waals surface area (Å²) in [6.45, 7) is 1.97. The Bertz CT molecular complexity index is 937. The first-order valence-corrected chi connectivity index (χ1v) is 9.43. The predicted octanol–water partition coefficient (Wildman–Crippen LogP) is 2.81. The van der Waals surface area contributed by atoms with Gasteiger partial charge in [-0.2, -0.15) is 0 Å². The molecule has 152 valence electrons. The number of aliphatic imine (C=N–C) groups is 1. The zero-order valence-corrected chi connectivity index (χ0v) is 17.1. The fourth-order valence-corrected chi connectivity index (χ4v) is 2.99. The predicted molar refractivity (Wildman–Crippen MR) is 114 cm³/mol. The fourth-order valence-electron chi connectivity index (χ4n) is 2.99. The molecule has 0 saturated carbocycles. The van der Waals surface area contributed by atoms with Crippen molar-refractivity contribution < 1.29 is 9.47 Å². The van der Waals surface area contributed by atoms with Gasteiger partial charge in [-0.15, -0.1) is 0 Å². The van der Waals surface area contributed by atoms with Crippen molar-refractivity contribution in [3.05, 3.63) is 77.9 Å². The van der Waals surface area contributed by atoms with Gasteiger partial charge in [0.05, 0.1) is 20.8 Å². The Morgan fingerprint density at radius 3 is 2.45 bits per heavy atom. The van der Waals surface area contributed by atoms with Gasteiger partial charge in [-0.05, 0) is 23.3 Å². The van der Waals surface area contributed by atoms with E-state index in [2.05, 4.69) is 37.3 Å². The summed E-state index contributed by atoms with van der Waals surface area (Å²) in [5.41, 5.74) is 2.30. The van der Waals surface area contributed by atoms with Crippen LogP contribution >= 0.6 is 0 Å². The number of aromatic nitrogens is 2. The first-order valence-electron chi connectivity index (χ1n) is 9.43. The van der Waals surface area contributed by atoms with Gasteiger partial charge in [0, 0.05) is 32.5 Å². The molecule has 0 saturated heterocycles. The van der Waals surface area contributed by atoms with Crippen LogP contribution in [0.5, 0.6) is 11.5 Å². The van der Waals surface area contributed by atoms with E-state index in [1.54, 1.807) is 21.3 Å². The number of methoxy groups -OCH3 is 2. The van der Waals surface area contributed by atoms with Crippen LogP contribution in [-0.4, -0.2) is 36.8 Å². The number of nitrogens with one attached hydrogen (secondary N) is 2. The van der Waals surface area contributed by atoms with Crippen molar-refractivity contribution in [3.63, 3.8) is 0 Å². The maximum atomic E-state index is 5.36. The van der Waals surface area contributed by atoms with Gasteiger partial charge in [-0.25, -0.2) is 4.98 Å². The van der Waals surface area contributed by atoms with Crippen molar-refractivity contribution in [2.24, 2.45) is 4.99 Å². The molecule has 2 aromatic carbocycles. The van der Waals surface area contributed by atoms with Crippen LogP contribution in [0.25, 0.3) is 0 Å². The molecular formula is C22H27N5O2. The molecule has 1 aromatic heterocycles. The molecule has 7 heteroatoms. The van der Waals surface area contributed by atoms with Gasteiger partial charge in [-0.3, -0.25) is 4.99 Å². The Kier molecular flexibility index (Phi) is 7.10. The molecular weight excluding hydrogens is 366 g/mol. The number of hydrogen-bond donors (Lipinski definition) is 2. The minimum atomic E-state index is 0.575. The summed E-state index contributed by atoms with van der Waals surface area (Å²) in [5.74, 6) is 3.07. The van der Waals surface area contributed by atoms with Gasteiger partial charge in [0.1, 0.15) is 5.82 Å². The van der Waals surface area contributed by atoms with E-state index in [0.717, 1.165) is 17.9 Å². The van der Waals surface area contributed by atoms with E-state index < -0.39 is 0 Å². The van der Waals surface area contributed by atoms with Crippen LogP contribution in [0.1, 0.15) is 17.0 Å². The fraction of sp³-hybridized carbons (Fsp3) is 0.273. The third-order valence-electron chi connectivity index (χ3n) is 4.54. The highest BCUT2D eigenvalue weighted by molar-refractivity contribution is 5.79. The summed E-state index contributed by atoms with van der Waals surface area (Å²) >= 11 is 0. The van der Waals surface area contributed by atoms with Crippen LogP contribution in [0.2, 0.25) is 0 Å². The minimum Gasteiger partial charge on any atom is -0.493 e. The van der Waals surface area contributed by atoms with E-state index >= 15 is 0 Å². The zero-order valence-electron chi connectivity index (χ0n) is 17.1. The summed E-state index contributed by atoms with van der Waals surface area (Å²) in [5, 5.41) is 6.63. The van der Waals surface area contributed by atoms with E-state index in [1.807, 2.05) is 48.8 Å². The van der Waals surface area contributed by atoms with Gasteiger partial charge >= 0.3 is 0 Å². The van der Waals surface area contributed by atoms with Gasteiger partial charge < -0.3 is 24.7 Å². The maximum absolute atomic E-state index is 5.36. The van der Waals surface area contributed by atoms with Crippen molar-refractivity contribution in [2.45, 2.75) is 19.6 Å². The maximum Gasteiger partial charge on any atom is 0.191 e. The quantitative estimate of drug-likeness (QED) is 0.455. The highest BCUT2D eigenvalue weighted by Crippen LogP contribution is 2.27. The Labute approximate surface area is 171 Å². The smallest absolute Gasteiger partial charge is 0.191 e. The third-order valence-corrected chi connectivity index (χ3v) is 4.54. The van der Waals surface area contributed by atoms with Crippen molar-refractivity contribution in [2.75, 3.05) is 21.3 Å². The second-order valence-corrected chi connectivity index (χ2v) is 6.43. The molecule has 0 unspecified atom stereocenters. The number of rotatable bonds is 8. The summed E-state index contributed by atoms with van der Waals surface area (Å²) in [6, 6.07) is 16.2. The number of imidazole rings is 1. The molecule has 0 aliphatic rings. The molecule has 0 atom stereocenters. The molecule has 2 N–H and O–H groups in total. The van der Waals surface area contributed by atoms with Crippen molar-refractivity contribution in [3.8, 4) is 11.5 Å². The summed E-state index contributed by atoms with van der Waals surface area (Å²) in [4.78, 5) is 8.76. The average Bonchev–Trinajstić information content (AvgIpc) is 3.21. The van der Waals surface area contributed by atoms with Crippen LogP contribution < -0.4 is 20.1 Å². The van der Waals surface area contributed by atoms with Gasteiger partial charge in [0.25, 0.3) is 0 Å². The Morgan fingerprint density at radius 1 is 0.966 bits per heavy atom. The molecule has 0 fully saturated rings. The lowest BCUT2D eigenvalue weighted by Crippen LogP contribution is -2.37. The lowest BCUT2D eigenvalue weighted by molar-refractivity contribution is 0.354. The van der Waals surface area contributed by atoms with Crippen molar-refractivity contribution in [1.29, 1.82) is 0 Å². The molecule has 0 amide bonds. The Hall–Kier alpha value is -3.48.